The van der Waals surface area contributed by atoms with Crippen LogP contribution in [0.1, 0.15) is 12.5 Å². The summed E-state index contributed by atoms with van der Waals surface area (Å²) in [6.07, 6.45) is 1.39. The van der Waals surface area contributed by atoms with E-state index in [1.165, 1.54) is 13.0 Å². The molecule has 17 heavy (non-hydrogen) atoms. The second kappa shape index (κ2) is 5.46. The van der Waals surface area contributed by atoms with Gasteiger partial charge in [-0.25, -0.2) is 16.8 Å². The molecule has 0 atom stereocenters. The molecule has 0 spiro atoms. The standard InChI is InChI=1S/C11H14O4S2/c1-2-16(12,13)10-17(14,15)9-8-11-6-4-3-5-7-11/h3-9H,2,10H2,1H3/b9-8+. The summed E-state index contributed by atoms with van der Waals surface area (Å²) in [7, 11) is -7.24. The summed E-state index contributed by atoms with van der Waals surface area (Å²) in [6.45, 7) is 1.42. The molecule has 0 fully saturated rings. The Morgan fingerprint density at radius 1 is 1.06 bits per heavy atom. The smallest absolute Gasteiger partial charge is 0.185 e. The van der Waals surface area contributed by atoms with Gasteiger partial charge in [-0.05, 0) is 11.6 Å². The highest BCUT2D eigenvalue weighted by Crippen LogP contribution is 2.06. The molecule has 1 aromatic rings. The van der Waals surface area contributed by atoms with Crippen LogP contribution in [-0.4, -0.2) is 27.7 Å². The van der Waals surface area contributed by atoms with Crippen LogP contribution < -0.4 is 0 Å². The van der Waals surface area contributed by atoms with Gasteiger partial charge >= 0.3 is 0 Å². The van der Waals surface area contributed by atoms with Crippen molar-refractivity contribution in [1.29, 1.82) is 0 Å². The Labute approximate surface area is 102 Å². The van der Waals surface area contributed by atoms with E-state index in [9.17, 15) is 16.8 Å². The van der Waals surface area contributed by atoms with Crippen LogP contribution in [0, 0.1) is 0 Å². The van der Waals surface area contributed by atoms with Crippen molar-refractivity contribution in [3.8, 4) is 0 Å². The summed E-state index contributed by atoms with van der Waals surface area (Å²) in [5.41, 5.74) is 0.713. The Balaban J connectivity index is 2.85. The van der Waals surface area contributed by atoms with Crippen LogP contribution in [-0.2, 0) is 19.7 Å². The molecule has 1 aromatic carbocycles. The normalized spacial score (nSPS) is 13.0. The lowest BCUT2D eigenvalue weighted by Crippen LogP contribution is -2.16. The van der Waals surface area contributed by atoms with E-state index in [0.29, 0.717) is 5.56 Å². The molecule has 0 aliphatic rings. The van der Waals surface area contributed by atoms with Crippen molar-refractivity contribution in [2.45, 2.75) is 6.92 Å². The van der Waals surface area contributed by atoms with E-state index < -0.39 is 24.8 Å². The molecule has 0 amide bonds. The fourth-order valence-electron chi connectivity index (χ4n) is 1.12. The van der Waals surface area contributed by atoms with Crippen LogP contribution in [0.15, 0.2) is 35.7 Å². The fraction of sp³-hybridized carbons (Fsp3) is 0.273. The first-order chi connectivity index (χ1) is 7.85. The molecule has 0 saturated carbocycles. The Hall–Kier alpha value is -1.14. The minimum absolute atomic E-state index is 0.175. The summed E-state index contributed by atoms with van der Waals surface area (Å²) in [6, 6.07) is 8.83. The third-order valence-electron chi connectivity index (χ3n) is 2.05. The molecule has 0 radical (unpaired) electrons. The van der Waals surface area contributed by atoms with E-state index in [2.05, 4.69) is 0 Å². The summed E-state index contributed by atoms with van der Waals surface area (Å²) in [5, 5.41) is 0.107. The van der Waals surface area contributed by atoms with Gasteiger partial charge in [-0.2, -0.15) is 0 Å². The van der Waals surface area contributed by atoms with Gasteiger partial charge in [0.15, 0.2) is 24.8 Å². The molecular formula is C11H14O4S2. The van der Waals surface area contributed by atoms with Gasteiger partial charge in [0.2, 0.25) is 0 Å². The molecule has 94 valence electrons. The van der Waals surface area contributed by atoms with Crippen LogP contribution in [0.4, 0.5) is 0 Å². The Kier molecular flexibility index (Phi) is 4.47. The number of rotatable bonds is 5. The maximum atomic E-state index is 11.5. The summed E-state index contributed by atoms with van der Waals surface area (Å²) < 4.78 is 45.5. The maximum Gasteiger partial charge on any atom is 0.185 e. The third kappa shape index (κ3) is 5.14. The lowest BCUT2D eigenvalue weighted by atomic mass is 10.2. The zero-order chi connectivity index (χ0) is 12.9. The molecule has 6 heteroatoms. The SMILES string of the molecule is CCS(=O)(=O)CS(=O)(=O)/C=C/c1ccccc1. The van der Waals surface area contributed by atoms with Crippen molar-refractivity contribution in [1.82, 2.24) is 0 Å². The Morgan fingerprint density at radius 3 is 2.18 bits per heavy atom. The lowest BCUT2D eigenvalue weighted by Gasteiger charge is -1.99. The zero-order valence-electron chi connectivity index (χ0n) is 9.41. The molecule has 0 aliphatic carbocycles. The van der Waals surface area contributed by atoms with Gasteiger partial charge in [-0.1, -0.05) is 37.3 Å². The van der Waals surface area contributed by atoms with Crippen LogP contribution in [0.3, 0.4) is 0 Å². The number of benzene rings is 1. The van der Waals surface area contributed by atoms with Gasteiger partial charge in [0.05, 0.1) is 0 Å². The van der Waals surface area contributed by atoms with Crippen molar-refractivity contribution in [3.63, 3.8) is 0 Å². The molecule has 0 bridgehead atoms. The minimum atomic E-state index is -3.72. The van der Waals surface area contributed by atoms with E-state index in [-0.39, 0.29) is 5.75 Å². The second-order valence-corrected chi connectivity index (χ2v) is 8.13. The minimum Gasteiger partial charge on any atom is -0.228 e. The molecule has 0 aromatic heterocycles. The molecule has 0 unspecified atom stereocenters. The maximum absolute atomic E-state index is 11.5. The average Bonchev–Trinajstić information content (AvgIpc) is 2.27. The Morgan fingerprint density at radius 2 is 1.65 bits per heavy atom. The molecule has 0 aliphatic heterocycles. The van der Waals surface area contributed by atoms with Crippen LogP contribution >= 0.6 is 0 Å². The van der Waals surface area contributed by atoms with E-state index in [1.54, 1.807) is 24.3 Å². The topological polar surface area (TPSA) is 68.3 Å². The van der Waals surface area contributed by atoms with Gasteiger partial charge in [-0.15, -0.1) is 0 Å². The van der Waals surface area contributed by atoms with Crippen LogP contribution in [0.25, 0.3) is 6.08 Å². The first-order valence-corrected chi connectivity index (χ1v) is 8.54. The number of hydrogen-bond donors (Lipinski definition) is 0. The molecule has 0 N–H and O–H groups in total. The molecule has 0 saturated heterocycles. The van der Waals surface area contributed by atoms with Gasteiger partial charge in [0.1, 0.15) is 0 Å². The molecular weight excluding hydrogens is 260 g/mol. The van der Waals surface area contributed by atoms with Gasteiger partial charge in [0, 0.05) is 11.2 Å². The monoisotopic (exact) mass is 274 g/mol. The van der Waals surface area contributed by atoms with E-state index in [0.717, 1.165) is 5.41 Å². The largest absolute Gasteiger partial charge is 0.228 e. The number of hydrogen-bond acceptors (Lipinski definition) is 4. The first kappa shape index (κ1) is 13.9. The predicted molar refractivity (Wildman–Crippen MR) is 68.7 cm³/mol. The molecule has 4 nitrogen and oxygen atoms in total. The van der Waals surface area contributed by atoms with Crippen molar-refractivity contribution in [2.24, 2.45) is 0 Å². The van der Waals surface area contributed by atoms with E-state index in [4.69, 9.17) is 0 Å². The van der Waals surface area contributed by atoms with Crippen LogP contribution in [0.5, 0.6) is 0 Å². The van der Waals surface area contributed by atoms with Gasteiger partial charge in [-0.3, -0.25) is 0 Å². The highest BCUT2D eigenvalue weighted by molar-refractivity contribution is 8.09. The second-order valence-electron chi connectivity index (χ2n) is 3.53. The van der Waals surface area contributed by atoms with E-state index >= 15 is 0 Å². The highest BCUT2D eigenvalue weighted by Gasteiger charge is 2.17. The van der Waals surface area contributed by atoms with Crippen molar-refractivity contribution in [2.75, 3.05) is 10.8 Å². The van der Waals surface area contributed by atoms with Crippen LogP contribution in [0.2, 0.25) is 0 Å². The summed E-state index contributed by atoms with van der Waals surface area (Å²) in [5.74, 6) is -0.175. The van der Waals surface area contributed by atoms with Gasteiger partial charge < -0.3 is 0 Å². The predicted octanol–water partition coefficient (Wildman–Crippen LogP) is 1.46. The number of sulfone groups is 2. The third-order valence-corrected chi connectivity index (χ3v) is 6.23. The van der Waals surface area contributed by atoms with Crippen molar-refractivity contribution < 1.29 is 16.8 Å². The zero-order valence-corrected chi connectivity index (χ0v) is 11.0. The van der Waals surface area contributed by atoms with E-state index in [1.807, 2.05) is 6.07 Å². The van der Waals surface area contributed by atoms with Crippen molar-refractivity contribution >= 4 is 25.8 Å². The quantitative estimate of drug-likeness (QED) is 0.815. The Bertz CT molecular complexity index is 584. The molecule has 0 heterocycles. The highest BCUT2D eigenvalue weighted by atomic mass is 32.3. The average molecular weight is 274 g/mol. The fourth-order valence-corrected chi connectivity index (χ4v) is 4.47. The van der Waals surface area contributed by atoms with Gasteiger partial charge in [0.25, 0.3) is 0 Å². The molecule has 1 rings (SSSR count). The first-order valence-electron chi connectivity index (χ1n) is 5.01. The summed E-state index contributed by atoms with van der Waals surface area (Å²) in [4.78, 5) is 0. The lowest BCUT2D eigenvalue weighted by molar-refractivity contribution is 0.593. The summed E-state index contributed by atoms with van der Waals surface area (Å²) >= 11 is 0. The van der Waals surface area contributed by atoms with Crippen molar-refractivity contribution in [3.05, 3.63) is 41.3 Å².